The quantitative estimate of drug-likeness (QED) is 0.588. The van der Waals surface area contributed by atoms with Crippen molar-refractivity contribution in [3.63, 3.8) is 0 Å². The predicted octanol–water partition coefficient (Wildman–Crippen LogP) is 0.477. The molecule has 9 nitrogen and oxygen atoms in total. The summed E-state index contributed by atoms with van der Waals surface area (Å²) in [5.74, 6) is -0.0157. The fourth-order valence-corrected chi connectivity index (χ4v) is 1.80. The molecule has 2 aromatic rings. The molecule has 1 aromatic carbocycles. The fraction of sp³-hybridized carbons (Fsp3) is 0.250. The number of hydrogen-bond donors (Lipinski definition) is 2. The first kappa shape index (κ1) is 14.4. The van der Waals surface area contributed by atoms with Gasteiger partial charge < -0.3 is 11.1 Å². The molecule has 0 spiro atoms. The van der Waals surface area contributed by atoms with Gasteiger partial charge in [0.15, 0.2) is 5.82 Å². The molecule has 0 aliphatic rings. The van der Waals surface area contributed by atoms with E-state index in [1.54, 1.807) is 18.1 Å². The van der Waals surface area contributed by atoms with Crippen molar-refractivity contribution in [2.45, 2.75) is 6.42 Å². The summed E-state index contributed by atoms with van der Waals surface area (Å²) < 4.78 is 1.57. The minimum atomic E-state index is -0.639. The van der Waals surface area contributed by atoms with Crippen molar-refractivity contribution in [2.24, 2.45) is 12.8 Å². The maximum atomic E-state index is 11.1. The Balaban J connectivity index is 2.11. The standard InChI is InChI=1S/C12H14N6O3/c1-17-7-15-11(16-17)4-5-14-9-6-8(12(13)19)2-3-10(9)18(20)21/h2-3,6-7,14H,4-5H2,1H3,(H2,13,19). The van der Waals surface area contributed by atoms with Gasteiger partial charge in [-0.25, -0.2) is 4.98 Å². The molecule has 9 heteroatoms. The number of nitrogens with zero attached hydrogens (tertiary/aromatic N) is 4. The van der Waals surface area contributed by atoms with E-state index in [1.807, 2.05) is 0 Å². The van der Waals surface area contributed by atoms with Crippen molar-refractivity contribution in [1.82, 2.24) is 14.8 Å². The number of benzene rings is 1. The summed E-state index contributed by atoms with van der Waals surface area (Å²) in [7, 11) is 1.76. The van der Waals surface area contributed by atoms with Gasteiger partial charge in [0.1, 0.15) is 12.0 Å². The Kier molecular flexibility index (Phi) is 4.12. The van der Waals surface area contributed by atoms with Crippen LogP contribution in [0.4, 0.5) is 11.4 Å². The van der Waals surface area contributed by atoms with Crippen LogP contribution >= 0.6 is 0 Å². The van der Waals surface area contributed by atoms with Crippen LogP contribution in [-0.4, -0.2) is 32.1 Å². The van der Waals surface area contributed by atoms with E-state index in [2.05, 4.69) is 15.4 Å². The molecular formula is C12H14N6O3. The summed E-state index contributed by atoms with van der Waals surface area (Å²) in [6.45, 7) is 0.396. The maximum absolute atomic E-state index is 11.1. The van der Waals surface area contributed by atoms with Gasteiger partial charge in [-0.3, -0.25) is 19.6 Å². The van der Waals surface area contributed by atoms with E-state index in [-0.39, 0.29) is 16.9 Å². The molecule has 0 saturated carbocycles. The second kappa shape index (κ2) is 5.99. The zero-order valence-electron chi connectivity index (χ0n) is 11.3. The fourth-order valence-electron chi connectivity index (χ4n) is 1.80. The average Bonchev–Trinajstić information content (AvgIpc) is 2.84. The first-order chi connectivity index (χ1) is 9.97. The number of aromatic nitrogens is 3. The van der Waals surface area contributed by atoms with Gasteiger partial charge in [-0.05, 0) is 12.1 Å². The van der Waals surface area contributed by atoms with Gasteiger partial charge in [0, 0.05) is 31.6 Å². The number of anilines is 1. The minimum absolute atomic E-state index is 0.117. The molecule has 3 N–H and O–H groups in total. The molecule has 0 aliphatic heterocycles. The van der Waals surface area contributed by atoms with Crippen molar-refractivity contribution in [3.05, 3.63) is 46.0 Å². The van der Waals surface area contributed by atoms with E-state index in [9.17, 15) is 14.9 Å². The van der Waals surface area contributed by atoms with Gasteiger partial charge in [0.25, 0.3) is 5.69 Å². The van der Waals surface area contributed by atoms with E-state index in [0.29, 0.717) is 18.8 Å². The van der Waals surface area contributed by atoms with Crippen LogP contribution in [0.25, 0.3) is 0 Å². The Labute approximate surface area is 119 Å². The van der Waals surface area contributed by atoms with Gasteiger partial charge in [-0.15, -0.1) is 0 Å². The summed E-state index contributed by atoms with van der Waals surface area (Å²) in [6, 6.07) is 3.94. The lowest BCUT2D eigenvalue weighted by molar-refractivity contribution is -0.384. The van der Waals surface area contributed by atoms with Gasteiger partial charge >= 0.3 is 0 Å². The maximum Gasteiger partial charge on any atom is 0.292 e. The largest absolute Gasteiger partial charge is 0.379 e. The molecule has 0 bridgehead atoms. The lowest BCUT2D eigenvalue weighted by atomic mass is 10.1. The molecule has 0 fully saturated rings. The topological polar surface area (TPSA) is 129 Å². The van der Waals surface area contributed by atoms with E-state index in [0.717, 1.165) is 0 Å². The van der Waals surface area contributed by atoms with E-state index in [1.165, 1.54) is 18.2 Å². The van der Waals surface area contributed by atoms with E-state index >= 15 is 0 Å². The van der Waals surface area contributed by atoms with Crippen LogP contribution in [0.15, 0.2) is 24.5 Å². The highest BCUT2D eigenvalue weighted by atomic mass is 16.6. The van der Waals surface area contributed by atoms with Gasteiger partial charge in [-0.2, -0.15) is 5.10 Å². The second-order valence-electron chi connectivity index (χ2n) is 4.36. The van der Waals surface area contributed by atoms with Crippen molar-refractivity contribution in [2.75, 3.05) is 11.9 Å². The third-order valence-electron chi connectivity index (χ3n) is 2.79. The predicted molar refractivity (Wildman–Crippen MR) is 74.8 cm³/mol. The summed E-state index contributed by atoms with van der Waals surface area (Å²) in [6.07, 6.45) is 2.07. The molecule has 1 amide bonds. The Morgan fingerprint density at radius 1 is 1.52 bits per heavy atom. The average molecular weight is 290 g/mol. The Morgan fingerprint density at radius 2 is 2.29 bits per heavy atom. The lowest BCUT2D eigenvalue weighted by Gasteiger charge is -2.07. The Bertz CT molecular complexity index is 681. The molecule has 0 saturated heterocycles. The molecule has 21 heavy (non-hydrogen) atoms. The number of aryl methyl sites for hydroxylation is 1. The molecular weight excluding hydrogens is 276 g/mol. The SMILES string of the molecule is Cn1cnc(CCNc2cc(C(N)=O)ccc2[N+](=O)[O-])n1. The minimum Gasteiger partial charge on any atom is -0.379 e. The molecule has 0 atom stereocenters. The van der Waals surface area contributed by atoms with Crippen molar-refractivity contribution in [1.29, 1.82) is 0 Å². The van der Waals surface area contributed by atoms with Crippen LogP contribution in [0.1, 0.15) is 16.2 Å². The number of nitro benzene ring substituents is 1. The molecule has 1 heterocycles. The lowest BCUT2D eigenvalue weighted by Crippen LogP contribution is -2.13. The van der Waals surface area contributed by atoms with E-state index < -0.39 is 10.8 Å². The number of nitro groups is 1. The number of nitrogens with one attached hydrogen (secondary N) is 1. The highest BCUT2D eigenvalue weighted by Gasteiger charge is 2.15. The number of primary amides is 1. The van der Waals surface area contributed by atoms with E-state index in [4.69, 9.17) is 5.73 Å². The van der Waals surface area contributed by atoms with Crippen molar-refractivity contribution >= 4 is 17.3 Å². The summed E-state index contributed by atoms with van der Waals surface area (Å²) >= 11 is 0. The zero-order valence-corrected chi connectivity index (χ0v) is 11.3. The molecule has 0 aliphatic carbocycles. The summed E-state index contributed by atoms with van der Waals surface area (Å²) in [4.78, 5) is 25.6. The van der Waals surface area contributed by atoms with Gasteiger partial charge in [0.05, 0.1) is 4.92 Å². The highest BCUT2D eigenvalue weighted by Crippen LogP contribution is 2.25. The summed E-state index contributed by atoms with van der Waals surface area (Å²) in [5, 5.41) is 18.0. The molecule has 2 rings (SSSR count). The van der Waals surface area contributed by atoms with Crippen LogP contribution in [0, 0.1) is 10.1 Å². The van der Waals surface area contributed by atoms with Crippen LogP contribution in [0.3, 0.4) is 0 Å². The van der Waals surface area contributed by atoms with Crippen molar-refractivity contribution in [3.8, 4) is 0 Å². The monoisotopic (exact) mass is 290 g/mol. The third kappa shape index (κ3) is 3.53. The highest BCUT2D eigenvalue weighted by molar-refractivity contribution is 5.94. The molecule has 0 radical (unpaired) electrons. The Morgan fingerprint density at radius 3 is 2.86 bits per heavy atom. The zero-order chi connectivity index (χ0) is 15.4. The number of hydrogen-bond acceptors (Lipinski definition) is 6. The normalized spacial score (nSPS) is 10.3. The number of rotatable bonds is 6. The van der Waals surface area contributed by atoms with Crippen LogP contribution in [0.2, 0.25) is 0 Å². The first-order valence-corrected chi connectivity index (χ1v) is 6.14. The van der Waals surface area contributed by atoms with Crippen LogP contribution < -0.4 is 11.1 Å². The van der Waals surface area contributed by atoms with Crippen LogP contribution in [-0.2, 0) is 13.5 Å². The second-order valence-corrected chi connectivity index (χ2v) is 4.36. The summed E-state index contributed by atoms with van der Waals surface area (Å²) in [5.41, 5.74) is 5.51. The number of amides is 1. The molecule has 1 aromatic heterocycles. The van der Waals surface area contributed by atoms with Crippen LogP contribution in [0.5, 0.6) is 0 Å². The third-order valence-corrected chi connectivity index (χ3v) is 2.79. The Hall–Kier alpha value is -2.97. The number of carbonyl (C=O) groups is 1. The molecule has 110 valence electrons. The number of nitrogens with two attached hydrogens (primary N) is 1. The van der Waals surface area contributed by atoms with Gasteiger partial charge in [-0.1, -0.05) is 0 Å². The van der Waals surface area contributed by atoms with Gasteiger partial charge in [0.2, 0.25) is 5.91 Å². The number of carbonyl (C=O) groups excluding carboxylic acids is 1. The molecule has 0 unspecified atom stereocenters. The first-order valence-electron chi connectivity index (χ1n) is 6.14. The smallest absolute Gasteiger partial charge is 0.292 e. The van der Waals surface area contributed by atoms with Crippen molar-refractivity contribution < 1.29 is 9.72 Å².